The number of nitrogens with zero attached hydrogens (tertiary/aromatic N) is 2. The number of hydrogen-bond acceptors (Lipinski definition) is 4. The lowest BCUT2D eigenvalue weighted by molar-refractivity contribution is -0.141. The van der Waals surface area contributed by atoms with Crippen LogP contribution in [0.25, 0.3) is 0 Å². The Bertz CT molecular complexity index is 678. The number of likely N-dealkylation sites (N-methyl/N-ethyl adjacent to an activating group) is 1. The molecule has 0 spiro atoms. The van der Waals surface area contributed by atoms with Gasteiger partial charge in [-0.15, -0.1) is 11.3 Å². The number of carbonyl (C=O) groups is 1. The number of aromatic amines is 1. The molecule has 0 fully saturated rings. The Hall–Kier alpha value is -1.87. The maximum absolute atomic E-state index is 12.5. The van der Waals surface area contributed by atoms with Crippen LogP contribution in [0.5, 0.6) is 0 Å². The molecule has 23 heavy (non-hydrogen) atoms. The van der Waals surface area contributed by atoms with Gasteiger partial charge in [-0.25, -0.2) is 0 Å². The SMILES string of the molecule is Cc1ccsc1[C@@H](CNC(=O)c1cc(C(F)(F)F)[nH]n1)N(C)C. The van der Waals surface area contributed by atoms with Crippen LogP contribution >= 0.6 is 11.3 Å². The molecule has 1 amide bonds. The van der Waals surface area contributed by atoms with E-state index in [2.05, 4.69) is 10.4 Å². The first-order chi connectivity index (χ1) is 10.7. The maximum atomic E-state index is 12.5. The standard InChI is InChI=1S/C14H17F3N4OS/c1-8-4-5-23-12(8)10(21(2)3)7-18-13(22)9-6-11(20-19-9)14(15,16)17/h4-6,10H,7H2,1-3H3,(H,18,22)(H,19,20)/t10-/m1/s1. The summed E-state index contributed by atoms with van der Waals surface area (Å²) in [6, 6.07) is 2.64. The second kappa shape index (κ2) is 6.71. The van der Waals surface area contributed by atoms with Crippen molar-refractivity contribution in [2.24, 2.45) is 0 Å². The molecule has 0 unspecified atom stereocenters. The molecule has 2 rings (SSSR count). The van der Waals surface area contributed by atoms with E-state index < -0.39 is 17.8 Å². The molecule has 9 heteroatoms. The summed E-state index contributed by atoms with van der Waals surface area (Å²) in [4.78, 5) is 15.0. The van der Waals surface area contributed by atoms with Crippen LogP contribution in [-0.4, -0.2) is 41.6 Å². The zero-order valence-electron chi connectivity index (χ0n) is 12.9. The van der Waals surface area contributed by atoms with Crippen molar-refractivity contribution in [3.8, 4) is 0 Å². The molecule has 0 saturated heterocycles. The Balaban J connectivity index is 2.05. The van der Waals surface area contributed by atoms with Gasteiger partial charge in [-0.2, -0.15) is 18.3 Å². The van der Waals surface area contributed by atoms with E-state index in [-0.39, 0.29) is 18.3 Å². The predicted molar refractivity (Wildman–Crippen MR) is 81.4 cm³/mol. The number of aryl methyl sites for hydroxylation is 1. The topological polar surface area (TPSA) is 61.0 Å². The van der Waals surface area contributed by atoms with Crippen LogP contribution in [0, 0.1) is 6.92 Å². The third kappa shape index (κ3) is 4.11. The molecule has 2 aromatic rings. The van der Waals surface area contributed by atoms with E-state index in [4.69, 9.17) is 0 Å². The van der Waals surface area contributed by atoms with E-state index in [9.17, 15) is 18.0 Å². The highest BCUT2D eigenvalue weighted by Gasteiger charge is 2.33. The highest BCUT2D eigenvalue weighted by molar-refractivity contribution is 7.10. The number of nitrogens with one attached hydrogen (secondary N) is 2. The number of carbonyl (C=O) groups excluding carboxylic acids is 1. The first kappa shape index (κ1) is 17.5. The summed E-state index contributed by atoms with van der Waals surface area (Å²) in [5, 5.41) is 9.85. The summed E-state index contributed by atoms with van der Waals surface area (Å²) in [5.74, 6) is -0.641. The highest BCUT2D eigenvalue weighted by atomic mass is 32.1. The van der Waals surface area contributed by atoms with Crippen LogP contribution in [0.1, 0.15) is 32.7 Å². The number of halogens is 3. The molecule has 0 aliphatic heterocycles. The first-order valence-corrected chi connectivity index (χ1v) is 7.69. The van der Waals surface area contributed by atoms with Crippen molar-refractivity contribution >= 4 is 17.2 Å². The second-order valence-corrected chi connectivity index (χ2v) is 6.27. The van der Waals surface area contributed by atoms with Crippen molar-refractivity contribution in [3.05, 3.63) is 39.3 Å². The normalized spacial score (nSPS) is 13.3. The Morgan fingerprint density at radius 1 is 1.48 bits per heavy atom. The average Bonchev–Trinajstić information content (AvgIpc) is 3.07. The molecule has 2 N–H and O–H groups in total. The zero-order valence-corrected chi connectivity index (χ0v) is 13.7. The van der Waals surface area contributed by atoms with E-state index >= 15 is 0 Å². The van der Waals surface area contributed by atoms with Gasteiger partial charge < -0.3 is 10.2 Å². The molecule has 126 valence electrons. The van der Waals surface area contributed by atoms with Gasteiger partial charge >= 0.3 is 6.18 Å². The van der Waals surface area contributed by atoms with Crippen LogP contribution in [0.15, 0.2) is 17.5 Å². The Kier molecular flexibility index (Phi) is 5.10. The number of aromatic nitrogens is 2. The lowest BCUT2D eigenvalue weighted by atomic mass is 10.1. The van der Waals surface area contributed by atoms with E-state index in [1.807, 2.05) is 42.5 Å². The van der Waals surface area contributed by atoms with Crippen LogP contribution in [-0.2, 0) is 6.18 Å². The molecule has 0 aromatic carbocycles. The van der Waals surface area contributed by atoms with Crippen LogP contribution < -0.4 is 5.32 Å². The Morgan fingerprint density at radius 3 is 2.65 bits per heavy atom. The Morgan fingerprint density at radius 2 is 2.17 bits per heavy atom. The summed E-state index contributed by atoms with van der Waals surface area (Å²) in [7, 11) is 3.76. The lowest BCUT2D eigenvalue weighted by Gasteiger charge is -2.24. The number of H-pyrrole nitrogens is 1. The van der Waals surface area contributed by atoms with E-state index in [1.54, 1.807) is 11.3 Å². The molecule has 0 bridgehead atoms. The van der Waals surface area contributed by atoms with Crippen molar-refractivity contribution in [2.45, 2.75) is 19.1 Å². The molecule has 2 heterocycles. The van der Waals surface area contributed by atoms with E-state index in [0.29, 0.717) is 6.07 Å². The molecular weight excluding hydrogens is 329 g/mol. The van der Waals surface area contributed by atoms with Crippen molar-refractivity contribution in [3.63, 3.8) is 0 Å². The number of alkyl halides is 3. The van der Waals surface area contributed by atoms with Gasteiger partial charge in [0.05, 0.1) is 6.04 Å². The fraction of sp³-hybridized carbons (Fsp3) is 0.429. The molecule has 0 aliphatic carbocycles. The predicted octanol–water partition coefficient (Wildman–Crippen LogP) is 2.83. The van der Waals surface area contributed by atoms with Gasteiger partial charge in [-0.05, 0) is 38.0 Å². The number of amides is 1. The van der Waals surface area contributed by atoms with Crippen LogP contribution in [0.3, 0.4) is 0 Å². The van der Waals surface area contributed by atoms with Gasteiger partial charge in [0.15, 0.2) is 5.69 Å². The molecule has 0 aliphatic rings. The quantitative estimate of drug-likeness (QED) is 0.875. The first-order valence-electron chi connectivity index (χ1n) is 6.81. The van der Waals surface area contributed by atoms with E-state index in [0.717, 1.165) is 10.4 Å². The van der Waals surface area contributed by atoms with Gasteiger partial charge in [-0.3, -0.25) is 9.89 Å². The average molecular weight is 346 g/mol. The minimum Gasteiger partial charge on any atom is -0.349 e. The molecule has 1 atom stereocenters. The second-order valence-electron chi connectivity index (χ2n) is 5.32. The number of rotatable bonds is 5. The monoisotopic (exact) mass is 346 g/mol. The van der Waals surface area contributed by atoms with Crippen LogP contribution in [0.2, 0.25) is 0 Å². The fourth-order valence-corrected chi connectivity index (χ4v) is 3.22. The van der Waals surface area contributed by atoms with Crippen molar-refractivity contribution in [1.29, 1.82) is 0 Å². The minimum atomic E-state index is -4.55. The summed E-state index contributed by atoms with van der Waals surface area (Å²) in [6.45, 7) is 2.26. The summed E-state index contributed by atoms with van der Waals surface area (Å²) >= 11 is 1.58. The van der Waals surface area contributed by atoms with Gasteiger partial charge in [0.1, 0.15) is 5.69 Å². The molecule has 2 aromatic heterocycles. The number of hydrogen-bond donors (Lipinski definition) is 2. The largest absolute Gasteiger partial charge is 0.432 e. The van der Waals surface area contributed by atoms with Gasteiger partial charge in [0.25, 0.3) is 5.91 Å². The van der Waals surface area contributed by atoms with Crippen molar-refractivity contribution in [2.75, 3.05) is 20.6 Å². The van der Waals surface area contributed by atoms with Gasteiger partial charge in [0, 0.05) is 17.5 Å². The fourth-order valence-electron chi connectivity index (χ4n) is 2.10. The summed E-state index contributed by atoms with van der Waals surface area (Å²) in [6.07, 6.45) is -4.55. The summed E-state index contributed by atoms with van der Waals surface area (Å²) < 4.78 is 37.5. The minimum absolute atomic E-state index is 0.0556. The van der Waals surface area contributed by atoms with Gasteiger partial charge in [0.2, 0.25) is 0 Å². The maximum Gasteiger partial charge on any atom is 0.432 e. The van der Waals surface area contributed by atoms with Crippen LogP contribution in [0.4, 0.5) is 13.2 Å². The molecule has 0 saturated carbocycles. The third-order valence-electron chi connectivity index (χ3n) is 3.40. The highest BCUT2D eigenvalue weighted by Crippen LogP contribution is 2.28. The Labute approximate surface area is 135 Å². The number of thiophene rings is 1. The third-order valence-corrected chi connectivity index (χ3v) is 4.52. The lowest BCUT2D eigenvalue weighted by Crippen LogP contribution is -2.34. The summed E-state index contributed by atoms with van der Waals surface area (Å²) in [5.41, 5.74) is -0.208. The van der Waals surface area contributed by atoms with Gasteiger partial charge in [-0.1, -0.05) is 0 Å². The molecule has 5 nitrogen and oxygen atoms in total. The van der Waals surface area contributed by atoms with Crippen molar-refractivity contribution in [1.82, 2.24) is 20.4 Å². The van der Waals surface area contributed by atoms with E-state index in [1.165, 1.54) is 0 Å². The van der Waals surface area contributed by atoms with Crippen molar-refractivity contribution < 1.29 is 18.0 Å². The molecule has 0 radical (unpaired) electrons. The zero-order chi connectivity index (χ0) is 17.2. The smallest absolute Gasteiger partial charge is 0.349 e. The molecular formula is C14H17F3N4OS.